The molecule has 0 fully saturated rings. The molecule has 0 spiro atoms. The van der Waals surface area contributed by atoms with Gasteiger partial charge in [0.1, 0.15) is 5.69 Å². The topological polar surface area (TPSA) is 101 Å². The van der Waals surface area contributed by atoms with E-state index in [4.69, 9.17) is 0 Å². The van der Waals surface area contributed by atoms with E-state index in [2.05, 4.69) is 25.5 Å². The number of aromatic nitrogens is 4. The van der Waals surface area contributed by atoms with Gasteiger partial charge in [0, 0.05) is 11.3 Å². The highest BCUT2D eigenvalue weighted by Crippen LogP contribution is 2.27. The Bertz CT molecular complexity index is 1200. The standard InChI is InChI=1S/C19H15N5O2S2/c1-11-6-8-12(9-7-11)16(25)22-18-23-24-19(28-18)27-10-15-17(26)21-14-5-3-2-4-13(14)20-15/h2-9H,10H2,1H3,(H,21,26)(H,22,23,25). The van der Waals surface area contributed by atoms with Crippen LogP contribution in [0.1, 0.15) is 21.6 Å². The van der Waals surface area contributed by atoms with Gasteiger partial charge in [-0.3, -0.25) is 14.9 Å². The summed E-state index contributed by atoms with van der Waals surface area (Å²) in [5.41, 5.74) is 3.29. The van der Waals surface area contributed by atoms with Crippen molar-refractivity contribution in [3.63, 3.8) is 0 Å². The predicted octanol–water partition coefficient (Wildman–Crippen LogP) is 3.63. The summed E-state index contributed by atoms with van der Waals surface area (Å²) in [5.74, 6) is 0.126. The second kappa shape index (κ2) is 7.91. The third kappa shape index (κ3) is 4.10. The molecule has 0 aliphatic carbocycles. The monoisotopic (exact) mass is 409 g/mol. The fraction of sp³-hybridized carbons (Fsp3) is 0.105. The number of nitrogens with zero attached hydrogens (tertiary/aromatic N) is 3. The van der Waals surface area contributed by atoms with Crippen LogP contribution in [0.5, 0.6) is 0 Å². The second-order valence-electron chi connectivity index (χ2n) is 6.01. The lowest BCUT2D eigenvalue weighted by molar-refractivity contribution is 0.102. The summed E-state index contributed by atoms with van der Waals surface area (Å²) >= 11 is 2.61. The first-order valence-electron chi connectivity index (χ1n) is 8.41. The van der Waals surface area contributed by atoms with Crippen LogP contribution in [0.4, 0.5) is 5.13 Å². The number of aryl methyl sites for hydroxylation is 1. The highest BCUT2D eigenvalue weighted by molar-refractivity contribution is 8.00. The number of carbonyl (C=O) groups excluding carboxylic acids is 1. The van der Waals surface area contributed by atoms with Crippen LogP contribution < -0.4 is 10.9 Å². The zero-order chi connectivity index (χ0) is 19.5. The molecule has 140 valence electrons. The number of hydrogen-bond acceptors (Lipinski definition) is 7. The maximum Gasteiger partial charge on any atom is 0.271 e. The number of nitrogens with one attached hydrogen (secondary N) is 2. The summed E-state index contributed by atoms with van der Waals surface area (Å²) in [4.78, 5) is 31.7. The van der Waals surface area contributed by atoms with Gasteiger partial charge in [0.25, 0.3) is 11.5 Å². The molecule has 0 aliphatic heterocycles. The van der Waals surface area contributed by atoms with Crippen molar-refractivity contribution in [2.24, 2.45) is 0 Å². The Morgan fingerprint density at radius 3 is 2.75 bits per heavy atom. The first-order chi connectivity index (χ1) is 13.6. The number of H-pyrrole nitrogens is 1. The molecule has 0 bridgehead atoms. The van der Waals surface area contributed by atoms with Gasteiger partial charge >= 0.3 is 0 Å². The van der Waals surface area contributed by atoms with Crippen molar-refractivity contribution in [1.82, 2.24) is 20.2 Å². The maximum absolute atomic E-state index is 12.2. The molecule has 0 unspecified atom stereocenters. The lowest BCUT2D eigenvalue weighted by Crippen LogP contribution is -2.14. The van der Waals surface area contributed by atoms with Gasteiger partial charge in [0.2, 0.25) is 5.13 Å². The normalized spacial score (nSPS) is 10.9. The number of thioether (sulfide) groups is 1. The maximum atomic E-state index is 12.2. The summed E-state index contributed by atoms with van der Waals surface area (Å²) in [6, 6.07) is 14.7. The first-order valence-corrected chi connectivity index (χ1v) is 10.2. The van der Waals surface area contributed by atoms with E-state index in [-0.39, 0.29) is 11.5 Å². The van der Waals surface area contributed by atoms with Gasteiger partial charge in [0.15, 0.2) is 4.34 Å². The van der Waals surface area contributed by atoms with Gasteiger partial charge in [-0.25, -0.2) is 4.98 Å². The Balaban J connectivity index is 1.42. The third-order valence-electron chi connectivity index (χ3n) is 3.94. The molecule has 0 radical (unpaired) electrons. The molecular formula is C19H15N5O2S2. The van der Waals surface area contributed by atoms with Crippen molar-refractivity contribution >= 4 is 45.2 Å². The van der Waals surface area contributed by atoms with Gasteiger partial charge in [-0.15, -0.1) is 10.2 Å². The second-order valence-corrected chi connectivity index (χ2v) is 8.21. The molecule has 2 aromatic carbocycles. The molecule has 2 aromatic heterocycles. The van der Waals surface area contributed by atoms with E-state index < -0.39 is 0 Å². The lowest BCUT2D eigenvalue weighted by Gasteiger charge is -2.01. The van der Waals surface area contributed by atoms with Crippen LogP contribution in [0.25, 0.3) is 11.0 Å². The van der Waals surface area contributed by atoms with Crippen LogP contribution in [-0.4, -0.2) is 26.1 Å². The number of hydrogen-bond donors (Lipinski definition) is 2. The third-order valence-corrected chi connectivity index (χ3v) is 5.93. The van der Waals surface area contributed by atoms with E-state index >= 15 is 0 Å². The molecule has 2 N–H and O–H groups in total. The number of amides is 1. The largest absolute Gasteiger partial charge is 0.319 e. The van der Waals surface area contributed by atoms with Gasteiger partial charge in [0.05, 0.1) is 11.0 Å². The molecule has 4 aromatic rings. The van der Waals surface area contributed by atoms with Crippen molar-refractivity contribution in [1.29, 1.82) is 0 Å². The summed E-state index contributed by atoms with van der Waals surface area (Å²) in [7, 11) is 0. The van der Waals surface area contributed by atoms with Crippen LogP contribution >= 0.6 is 23.1 Å². The molecule has 28 heavy (non-hydrogen) atoms. The minimum Gasteiger partial charge on any atom is -0.319 e. The highest BCUT2D eigenvalue weighted by Gasteiger charge is 2.12. The first kappa shape index (κ1) is 18.3. The number of fused-ring (bicyclic) bond motifs is 1. The van der Waals surface area contributed by atoms with Crippen LogP contribution in [0.15, 0.2) is 57.7 Å². The van der Waals surface area contributed by atoms with Crippen LogP contribution in [0.3, 0.4) is 0 Å². The average molecular weight is 409 g/mol. The Hall–Kier alpha value is -3.04. The van der Waals surface area contributed by atoms with Crippen molar-refractivity contribution in [3.05, 3.63) is 75.7 Å². The molecule has 0 aliphatic rings. The van der Waals surface area contributed by atoms with Gasteiger partial charge in [-0.1, -0.05) is 52.9 Å². The molecule has 0 saturated heterocycles. The summed E-state index contributed by atoms with van der Waals surface area (Å²) in [5, 5.41) is 11.2. The number of para-hydroxylation sites is 2. The zero-order valence-corrected chi connectivity index (χ0v) is 16.4. The Kier molecular flexibility index (Phi) is 5.18. The predicted molar refractivity (Wildman–Crippen MR) is 111 cm³/mol. The van der Waals surface area contributed by atoms with E-state index in [0.717, 1.165) is 11.1 Å². The van der Waals surface area contributed by atoms with Crippen molar-refractivity contribution < 1.29 is 4.79 Å². The molecule has 0 saturated carbocycles. The number of benzene rings is 2. The van der Waals surface area contributed by atoms with E-state index in [9.17, 15) is 9.59 Å². The van der Waals surface area contributed by atoms with Crippen molar-refractivity contribution in [2.45, 2.75) is 17.0 Å². The Morgan fingerprint density at radius 2 is 1.93 bits per heavy atom. The molecule has 0 atom stereocenters. The Labute approximate surface area is 168 Å². The summed E-state index contributed by atoms with van der Waals surface area (Å²) in [6.45, 7) is 1.96. The number of aromatic amines is 1. The number of rotatable bonds is 5. The number of anilines is 1. The lowest BCUT2D eigenvalue weighted by atomic mass is 10.1. The van der Waals surface area contributed by atoms with Crippen LogP contribution in [-0.2, 0) is 5.75 Å². The minimum absolute atomic E-state index is 0.219. The fourth-order valence-electron chi connectivity index (χ4n) is 2.49. The molecule has 9 heteroatoms. The zero-order valence-electron chi connectivity index (χ0n) is 14.8. The van der Waals surface area contributed by atoms with E-state index in [1.54, 1.807) is 12.1 Å². The molecule has 7 nitrogen and oxygen atoms in total. The SMILES string of the molecule is Cc1ccc(C(=O)Nc2nnc(SCc3nc4ccccc4[nH]c3=O)s2)cc1. The Morgan fingerprint density at radius 1 is 1.14 bits per heavy atom. The van der Waals surface area contributed by atoms with Crippen molar-refractivity contribution in [2.75, 3.05) is 5.32 Å². The quantitative estimate of drug-likeness (QED) is 0.386. The van der Waals surface area contributed by atoms with Gasteiger partial charge in [-0.2, -0.15) is 0 Å². The molecule has 1 amide bonds. The minimum atomic E-state index is -0.236. The smallest absolute Gasteiger partial charge is 0.271 e. The van der Waals surface area contributed by atoms with Gasteiger partial charge < -0.3 is 4.98 Å². The summed E-state index contributed by atoms with van der Waals surface area (Å²) < 4.78 is 0.647. The fourth-order valence-corrected chi connectivity index (χ4v) is 4.16. The van der Waals surface area contributed by atoms with Crippen LogP contribution in [0, 0.1) is 6.92 Å². The van der Waals surface area contributed by atoms with Crippen molar-refractivity contribution in [3.8, 4) is 0 Å². The number of carbonyl (C=O) groups is 1. The molecule has 2 heterocycles. The van der Waals surface area contributed by atoms with E-state index in [1.165, 1.54) is 23.1 Å². The van der Waals surface area contributed by atoms with E-state index in [1.807, 2.05) is 43.3 Å². The molecular weight excluding hydrogens is 394 g/mol. The highest BCUT2D eigenvalue weighted by atomic mass is 32.2. The molecule has 4 rings (SSSR count). The van der Waals surface area contributed by atoms with Crippen LogP contribution in [0.2, 0.25) is 0 Å². The summed E-state index contributed by atoms with van der Waals surface area (Å²) in [6.07, 6.45) is 0. The van der Waals surface area contributed by atoms with E-state index in [0.29, 0.717) is 32.0 Å². The van der Waals surface area contributed by atoms with Gasteiger partial charge in [-0.05, 0) is 31.2 Å². The average Bonchev–Trinajstić information content (AvgIpc) is 3.14.